The van der Waals surface area contributed by atoms with Crippen molar-refractivity contribution in [3.05, 3.63) is 11.6 Å². The van der Waals surface area contributed by atoms with Crippen LogP contribution in [0.15, 0.2) is 11.6 Å². The summed E-state index contributed by atoms with van der Waals surface area (Å²) in [6.07, 6.45) is 2.50. The predicted molar refractivity (Wildman–Crippen MR) is 47.3 cm³/mol. The highest BCUT2D eigenvalue weighted by molar-refractivity contribution is 5.92. The van der Waals surface area contributed by atoms with Crippen molar-refractivity contribution in [1.29, 1.82) is 0 Å². The second-order valence-corrected chi connectivity index (χ2v) is 2.96. The van der Waals surface area contributed by atoms with Crippen molar-refractivity contribution >= 4 is 5.78 Å². The zero-order valence-corrected chi connectivity index (χ0v) is 7.55. The molecule has 0 rings (SSSR count). The summed E-state index contributed by atoms with van der Waals surface area (Å²) in [6, 6.07) is 0. The fourth-order valence-electron chi connectivity index (χ4n) is 0.886. The first-order valence-electron chi connectivity index (χ1n) is 4.00. The molecule has 0 saturated carbocycles. The monoisotopic (exact) mass is 155 g/mol. The highest BCUT2D eigenvalue weighted by Gasteiger charge is 2.10. The van der Waals surface area contributed by atoms with Crippen LogP contribution in [0, 0.1) is 5.92 Å². The largest absolute Gasteiger partial charge is 0.330 e. The summed E-state index contributed by atoms with van der Waals surface area (Å²) in [6.45, 7) is 6.27. The van der Waals surface area contributed by atoms with Crippen LogP contribution < -0.4 is 5.73 Å². The van der Waals surface area contributed by atoms with E-state index in [1.807, 2.05) is 20.8 Å². The summed E-state index contributed by atoms with van der Waals surface area (Å²) in [7, 11) is 0. The molecular formula is C9H17NO. The lowest BCUT2D eigenvalue weighted by Crippen LogP contribution is -2.21. The van der Waals surface area contributed by atoms with Gasteiger partial charge in [-0.3, -0.25) is 4.79 Å². The van der Waals surface area contributed by atoms with E-state index in [1.54, 1.807) is 6.08 Å². The standard InChI is InChI=1S/C9H17NO/c1-4-8(6-10)9(11)5-7(2)3/h5,8H,4,6,10H2,1-3H3. The molecule has 0 fully saturated rings. The smallest absolute Gasteiger partial charge is 0.159 e. The molecule has 0 amide bonds. The minimum absolute atomic E-state index is 0.0184. The van der Waals surface area contributed by atoms with Crippen molar-refractivity contribution in [3.63, 3.8) is 0 Å². The molecule has 0 saturated heterocycles. The van der Waals surface area contributed by atoms with Crippen molar-refractivity contribution < 1.29 is 4.79 Å². The minimum atomic E-state index is 0.0184. The lowest BCUT2D eigenvalue weighted by molar-refractivity contribution is -0.118. The molecule has 64 valence electrons. The maximum Gasteiger partial charge on any atom is 0.159 e. The number of ketones is 1. The summed E-state index contributed by atoms with van der Waals surface area (Å²) in [5.74, 6) is 0.180. The number of allylic oxidation sites excluding steroid dienone is 2. The maximum atomic E-state index is 11.3. The van der Waals surface area contributed by atoms with Crippen molar-refractivity contribution in [2.24, 2.45) is 11.7 Å². The van der Waals surface area contributed by atoms with Gasteiger partial charge in [0.15, 0.2) is 5.78 Å². The van der Waals surface area contributed by atoms with E-state index in [1.165, 1.54) is 0 Å². The lowest BCUT2D eigenvalue weighted by atomic mass is 10.00. The molecule has 0 aromatic heterocycles. The Balaban J connectivity index is 4.11. The van der Waals surface area contributed by atoms with Gasteiger partial charge in [0, 0.05) is 12.5 Å². The number of carbonyl (C=O) groups excluding carboxylic acids is 1. The van der Waals surface area contributed by atoms with E-state index in [2.05, 4.69) is 0 Å². The summed E-state index contributed by atoms with van der Waals surface area (Å²) < 4.78 is 0. The molecule has 0 spiro atoms. The van der Waals surface area contributed by atoms with Gasteiger partial charge in [-0.1, -0.05) is 12.5 Å². The molecule has 0 radical (unpaired) electrons. The number of hydrogen-bond acceptors (Lipinski definition) is 2. The van der Waals surface area contributed by atoms with E-state index >= 15 is 0 Å². The predicted octanol–water partition coefficient (Wildman–Crippen LogP) is 1.51. The minimum Gasteiger partial charge on any atom is -0.330 e. The van der Waals surface area contributed by atoms with E-state index in [4.69, 9.17) is 5.73 Å². The van der Waals surface area contributed by atoms with Crippen molar-refractivity contribution in [2.45, 2.75) is 27.2 Å². The van der Waals surface area contributed by atoms with Crippen molar-refractivity contribution in [1.82, 2.24) is 0 Å². The maximum absolute atomic E-state index is 11.3. The number of hydrogen-bond donors (Lipinski definition) is 1. The van der Waals surface area contributed by atoms with Crippen LogP contribution in [0.3, 0.4) is 0 Å². The molecule has 0 aromatic carbocycles. The quantitative estimate of drug-likeness (QED) is 0.625. The number of carbonyl (C=O) groups is 1. The van der Waals surface area contributed by atoms with Gasteiger partial charge in [0.1, 0.15) is 0 Å². The van der Waals surface area contributed by atoms with E-state index < -0.39 is 0 Å². The highest BCUT2D eigenvalue weighted by Crippen LogP contribution is 2.04. The van der Waals surface area contributed by atoms with Crippen LogP contribution in [0.2, 0.25) is 0 Å². The second-order valence-electron chi connectivity index (χ2n) is 2.96. The molecule has 1 atom stereocenters. The Labute approximate surface area is 68.5 Å². The molecule has 2 nitrogen and oxygen atoms in total. The van der Waals surface area contributed by atoms with Gasteiger partial charge in [0.05, 0.1) is 0 Å². The van der Waals surface area contributed by atoms with Gasteiger partial charge in [-0.25, -0.2) is 0 Å². The zero-order chi connectivity index (χ0) is 8.85. The molecule has 1 unspecified atom stereocenters. The molecule has 0 bridgehead atoms. The van der Waals surface area contributed by atoms with Gasteiger partial charge < -0.3 is 5.73 Å². The summed E-state index contributed by atoms with van der Waals surface area (Å²) in [5, 5.41) is 0. The van der Waals surface area contributed by atoms with Gasteiger partial charge in [-0.05, 0) is 26.3 Å². The van der Waals surface area contributed by atoms with Gasteiger partial charge in [0.2, 0.25) is 0 Å². The Hall–Kier alpha value is -0.630. The summed E-state index contributed by atoms with van der Waals surface area (Å²) >= 11 is 0. The lowest BCUT2D eigenvalue weighted by Gasteiger charge is -2.06. The van der Waals surface area contributed by atoms with E-state index in [9.17, 15) is 4.79 Å². The van der Waals surface area contributed by atoms with Crippen molar-refractivity contribution in [3.8, 4) is 0 Å². The Morgan fingerprint density at radius 3 is 2.36 bits per heavy atom. The number of nitrogens with two attached hydrogens (primary N) is 1. The first-order valence-corrected chi connectivity index (χ1v) is 4.00. The van der Waals surface area contributed by atoms with Gasteiger partial charge in [-0.15, -0.1) is 0 Å². The van der Waals surface area contributed by atoms with Crippen LogP contribution in [0.25, 0.3) is 0 Å². The Morgan fingerprint density at radius 2 is 2.09 bits per heavy atom. The molecule has 0 aliphatic heterocycles. The fraction of sp³-hybridized carbons (Fsp3) is 0.667. The molecular weight excluding hydrogens is 138 g/mol. The average molecular weight is 155 g/mol. The molecule has 0 aromatic rings. The van der Waals surface area contributed by atoms with Crippen LogP contribution in [0.5, 0.6) is 0 Å². The normalized spacial score (nSPS) is 12.4. The molecule has 11 heavy (non-hydrogen) atoms. The molecule has 2 N–H and O–H groups in total. The van der Waals surface area contributed by atoms with Crippen LogP contribution in [-0.4, -0.2) is 12.3 Å². The van der Waals surface area contributed by atoms with E-state index in [0.29, 0.717) is 6.54 Å². The molecule has 0 heterocycles. The second kappa shape index (κ2) is 5.08. The van der Waals surface area contributed by atoms with E-state index in [0.717, 1.165) is 12.0 Å². The SMILES string of the molecule is CCC(CN)C(=O)C=C(C)C. The Kier molecular flexibility index (Phi) is 4.79. The third-order valence-corrected chi connectivity index (χ3v) is 1.61. The highest BCUT2D eigenvalue weighted by atomic mass is 16.1. The van der Waals surface area contributed by atoms with E-state index in [-0.39, 0.29) is 11.7 Å². The fourth-order valence-corrected chi connectivity index (χ4v) is 0.886. The van der Waals surface area contributed by atoms with Crippen molar-refractivity contribution in [2.75, 3.05) is 6.54 Å². The number of rotatable bonds is 4. The first kappa shape index (κ1) is 10.4. The Bertz CT molecular complexity index is 153. The summed E-state index contributed by atoms with van der Waals surface area (Å²) in [5.41, 5.74) is 6.45. The molecule has 2 heteroatoms. The molecule has 0 aliphatic rings. The average Bonchev–Trinajstić information content (AvgIpc) is 1.88. The zero-order valence-electron chi connectivity index (χ0n) is 7.55. The first-order chi connectivity index (χ1) is 5.11. The Morgan fingerprint density at radius 1 is 1.55 bits per heavy atom. The summed E-state index contributed by atoms with van der Waals surface area (Å²) in [4.78, 5) is 11.3. The van der Waals surface area contributed by atoms with Gasteiger partial charge in [-0.2, -0.15) is 0 Å². The van der Waals surface area contributed by atoms with Crippen LogP contribution in [-0.2, 0) is 4.79 Å². The van der Waals surface area contributed by atoms with Crippen LogP contribution in [0.4, 0.5) is 0 Å². The molecule has 0 aliphatic carbocycles. The third-order valence-electron chi connectivity index (χ3n) is 1.61. The third kappa shape index (κ3) is 3.94. The van der Waals surface area contributed by atoms with Gasteiger partial charge >= 0.3 is 0 Å². The van der Waals surface area contributed by atoms with Gasteiger partial charge in [0.25, 0.3) is 0 Å². The van der Waals surface area contributed by atoms with Crippen LogP contribution in [0.1, 0.15) is 27.2 Å². The van der Waals surface area contributed by atoms with Crippen LogP contribution >= 0.6 is 0 Å². The topological polar surface area (TPSA) is 43.1 Å².